The fourth-order valence-corrected chi connectivity index (χ4v) is 1.23. The third kappa shape index (κ3) is 1.50. The van der Waals surface area contributed by atoms with Gasteiger partial charge in [-0.1, -0.05) is 5.82 Å². The minimum atomic E-state index is -0.569. The molecule has 0 aromatic heterocycles. The first-order chi connectivity index (χ1) is 4.74. The van der Waals surface area contributed by atoms with Gasteiger partial charge in [0.25, 0.3) is 6.47 Å². The van der Waals surface area contributed by atoms with Gasteiger partial charge in [-0.25, -0.2) is 0 Å². The number of ether oxygens (including phenoxy) is 1. The van der Waals surface area contributed by atoms with Crippen molar-refractivity contribution in [2.45, 2.75) is 30.9 Å². The van der Waals surface area contributed by atoms with Crippen molar-refractivity contribution in [2.75, 3.05) is 0 Å². The summed E-state index contributed by atoms with van der Waals surface area (Å²) in [5.74, 6) is -0.0278. The van der Waals surface area contributed by atoms with Crippen LogP contribution in [-0.2, 0) is 9.53 Å². The fourth-order valence-electron chi connectivity index (χ4n) is 1.23. The summed E-state index contributed by atoms with van der Waals surface area (Å²) in [6, 6.07) is 0. The van der Waals surface area contributed by atoms with Crippen LogP contribution in [0.1, 0.15) is 12.8 Å². The van der Waals surface area contributed by atoms with Crippen LogP contribution in [0.2, 0.25) is 5.82 Å². The molecular formula is C6H9BO3. The highest BCUT2D eigenvalue weighted by molar-refractivity contribution is 6.11. The van der Waals surface area contributed by atoms with E-state index in [2.05, 4.69) is 4.74 Å². The second kappa shape index (κ2) is 3.06. The van der Waals surface area contributed by atoms with E-state index in [0.29, 0.717) is 19.3 Å². The van der Waals surface area contributed by atoms with Crippen LogP contribution < -0.4 is 0 Å². The van der Waals surface area contributed by atoms with Gasteiger partial charge in [0.15, 0.2) is 0 Å². The van der Waals surface area contributed by atoms with E-state index in [-0.39, 0.29) is 11.9 Å². The summed E-state index contributed by atoms with van der Waals surface area (Å²) >= 11 is 0. The quantitative estimate of drug-likeness (QED) is 0.420. The Morgan fingerprint density at radius 1 is 1.60 bits per heavy atom. The molecule has 0 saturated heterocycles. The van der Waals surface area contributed by atoms with Crippen LogP contribution in [-0.4, -0.2) is 31.6 Å². The molecule has 1 aliphatic rings. The Labute approximate surface area is 60.8 Å². The molecule has 2 radical (unpaired) electrons. The monoisotopic (exact) mass is 140 g/mol. The van der Waals surface area contributed by atoms with Gasteiger partial charge in [-0.3, -0.25) is 4.79 Å². The largest absolute Gasteiger partial charge is 0.462 e. The lowest BCUT2D eigenvalue weighted by Gasteiger charge is -2.10. The molecular weight excluding hydrogens is 131 g/mol. The van der Waals surface area contributed by atoms with Gasteiger partial charge in [0.2, 0.25) is 0 Å². The standard InChI is InChI=1S/C6H9BO3/c7-4-1-5(9)6(2-4)10-3-8/h3-6,9H,1-2H2. The van der Waals surface area contributed by atoms with Crippen molar-refractivity contribution in [1.82, 2.24) is 0 Å². The van der Waals surface area contributed by atoms with E-state index in [9.17, 15) is 4.79 Å². The van der Waals surface area contributed by atoms with Gasteiger partial charge in [0, 0.05) is 0 Å². The maximum absolute atomic E-state index is 9.84. The number of rotatable bonds is 2. The van der Waals surface area contributed by atoms with Crippen molar-refractivity contribution in [3.63, 3.8) is 0 Å². The van der Waals surface area contributed by atoms with Gasteiger partial charge < -0.3 is 9.84 Å². The van der Waals surface area contributed by atoms with E-state index in [1.54, 1.807) is 0 Å². The fraction of sp³-hybridized carbons (Fsp3) is 0.833. The van der Waals surface area contributed by atoms with Gasteiger partial charge in [-0.05, 0) is 12.8 Å². The van der Waals surface area contributed by atoms with Gasteiger partial charge in [0.05, 0.1) is 14.0 Å². The molecule has 3 nitrogen and oxygen atoms in total. The number of hydrogen-bond donors (Lipinski definition) is 1. The maximum atomic E-state index is 9.84. The summed E-state index contributed by atoms with van der Waals surface area (Å²) in [5.41, 5.74) is 0. The van der Waals surface area contributed by atoms with E-state index >= 15 is 0 Å². The van der Waals surface area contributed by atoms with E-state index < -0.39 is 6.10 Å². The predicted octanol–water partition coefficient (Wildman–Crippen LogP) is -0.360. The molecule has 0 aromatic carbocycles. The highest BCUT2D eigenvalue weighted by Crippen LogP contribution is 2.29. The zero-order chi connectivity index (χ0) is 7.56. The van der Waals surface area contributed by atoms with Gasteiger partial charge >= 0.3 is 0 Å². The van der Waals surface area contributed by atoms with Gasteiger partial charge in [-0.2, -0.15) is 0 Å². The van der Waals surface area contributed by atoms with Crippen molar-refractivity contribution >= 4 is 14.3 Å². The molecule has 0 heterocycles. The third-order valence-electron chi connectivity index (χ3n) is 1.74. The van der Waals surface area contributed by atoms with Crippen molar-refractivity contribution in [3.05, 3.63) is 0 Å². The van der Waals surface area contributed by atoms with Crippen LogP contribution in [0.4, 0.5) is 0 Å². The lowest BCUT2D eigenvalue weighted by molar-refractivity contribution is -0.137. The minimum absolute atomic E-state index is 0.0278. The predicted molar refractivity (Wildman–Crippen MR) is 35.7 cm³/mol. The van der Waals surface area contributed by atoms with Crippen LogP contribution >= 0.6 is 0 Å². The Morgan fingerprint density at radius 2 is 2.30 bits per heavy atom. The zero-order valence-corrected chi connectivity index (χ0v) is 5.56. The van der Waals surface area contributed by atoms with Crippen LogP contribution in [0.15, 0.2) is 0 Å². The Balaban J connectivity index is 2.38. The first-order valence-corrected chi connectivity index (χ1v) is 3.26. The molecule has 3 atom stereocenters. The molecule has 0 aromatic rings. The van der Waals surface area contributed by atoms with Gasteiger partial charge in [0.1, 0.15) is 6.10 Å². The molecule has 0 spiro atoms. The first-order valence-electron chi connectivity index (χ1n) is 3.26. The Morgan fingerprint density at radius 3 is 2.70 bits per heavy atom. The highest BCUT2D eigenvalue weighted by Gasteiger charge is 2.31. The summed E-state index contributed by atoms with van der Waals surface area (Å²) < 4.78 is 4.57. The Kier molecular flexibility index (Phi) is 2.32. The summed E-state index contributed by atoms with van der Waals surface area (Å²) in [6.07, 6.45) is 0.144. The molecule has 4 heteroatoms. The molecule has 0 aliphatic heterocycles. The molecule has 54 valence electrons. The topological polar surface area (TPSA) is 46.5 Å². The summed E-state index contributed by atoms with van der Waals surface area (Å²) in [6.45, 7) is 0.353. The van der Waals surface area contributed by atoms with Crippen LogP contribution in [0.5, 0.6) is 0 Å². The normalized spacial score (nSPS) is 39.5. The molecule has 1 rings (SSSR count). The van der Waals surface area contributed by atoms with E-state index in [4.69, 9.17) is 13.0 Å². The Hall–Kier alpha value is -0.505. The molecule has 3 unspecified atom stereocenters. The average Bonchev–Trinajstić information content (AvgIpc) is 2.13. The number of aliphatic hydroxyl groups is 1. The molecule has 1 aliphatic carbocycles. The lowest BCUT2D eigenvalue weighted by Crippen LogP contribution is -2.21. The average molecular weight is 140 g/mol. The molecule has 10 heavy (non-hydrogen) atoms. The van der Waals surface area contributed by atoms with Crippen molar-refractivity contribution in [3.8, 4) is 0 Å². The number of carbonyl (C=O) groups is 1. The summed E-state index contributed by atoms with van der Waals surface area (Å²) in [7, 11) is 5.49. The second-order valence-electron chi connectivity index (χ2n) is 2.57. The number of carbonyl (C=O) groups excluding carboxylic acids is 1. The van der Waals surface area contributed by atoms with E-state index in [0.717, 1.165) is 0 Å². The summed E-state index contributed by atoms with van der Waals surface area (Å²) in [5, 5.41) is 9.13. The molecule has 1 saturated carbocycles. The van der Waals surface area contributed by atoms with Crippen molar-refractivity contribution < 1.29 is 14.6 Å². The molecule has 0 bridgehead atoms. The highest BCUT2D eigenvalue weighted by atomic mass is 16.5. The summed E-state index contributed by atoms with van der Waals surface area (Å²) in [4.78, 5) is 9.84. The Bertz CT molecular complexity index is 128. The van der Waals surface area contributed by atoms with Gasteiger partial charge in [-0.15, -0.1) is 0 Å². The molecule has 1 N–H and O–H groups in total. The second-order valence-corrected chi connectivity index (χ2v) is 2.57. The number of aliphatic hydroxyl groups excluding tert-OH is 1. The van der Waals surface area contributed by atoms with Crippen LogP contribution in [0.3, 0.4) is 0 Å². The van der Waals surface area contributed by atoms with E-state index in [1.807, 2.05) is 0 Å². The van der Waals surface area contributed by atoms with Crippen LogP contribution in [0, 0.1) is 0 Å². The maximum Gasteiger partial charge on any atom is 0.293 e. The third-order valence-corrected chi connectivity index (χ3v) is 1.74. The molecule has 1 fully saturated rings. The minimum Gasteiger partial charge on any atom is -0.462 e. The zero-order valence-electron chi connectivity index (χ0n) is 5.56. The van der Waals surface area contributed by atoms with Crippen molar-refractivity contribution in [1.29, 1.82) is 0 Å². The smallest absolute Gasteiger partial charge is 0.293 e. The first kappa shape index (κ1) is 7.60. The van der Waals surface area contributed by atoms with E-state index in [1.165, 1.54) is 0 Å². The molecule has 0 amide bonds. The lowest BCUT2D eigenvalue weighted by atomic mass is 9.86. The van der Waals surface area contributed by atoms with Crippen LogP contribution in [0.25, 0.3) is 0 Å². The number of hydrogen-bond acceptors (Lipinski definition) is 3. The SMILES string of the molecule is [B]C1CC(O)C(OC=O)C1. The van der Waals surface area contributed by atoms with Crippen molar-refractivity contribution in [2.24, 2.45) is 0 Å².